The Kier molecular flexibility index (Phi) is 3.90. The predicted molar refractivity (Wildman–Crippen MR) is 92.7 cm³/mol. The highest BCUT2D eigenvalue weighted by Crippen LogP contribution is 2.29. The van der Waals surface area contributed by atoms with E-state index in [-0.39, 0.29) is 12.1 Å². The van der Waals surface area contributed by atoms with Gasteiger partial charge in [-0.25, -0.2) is 15.0 Å². The van der Waals surface area contributed by atoms with Crippen molar-refractivity contribution in [3.05, 3.63) is 48.0 Å². The summed E-state index contributed by atoms with van der Waals surface area (Å²) in [6.45, 7) is 2.08. The first kappa shape index (κ1) is 15.1. The number of hydrogen-bond donors (Lipinski definition) is 3. The average molecular weight is 323 g/mol. The highest BCUT2D eigenvalue weighted by Gasteiger charge is 2.30. The van der Waals surface area contributed by atoms with Crippen molar-refractivity contribution in [3.63, 3.8) is 0 Å². The van der Waals surface area contributed by atoms with Crippen molar-refractivity contribution in [2.75, 3.05) is 5.32 Å². The summed E-state index contributed by atoms with van der Waals surface area (Å²) >= 11 is 0. The molecule has 0 saturated heterocycles. The molecule has 2 aromatic heterocycles. The number of H-pyrrole nitrogens is 1. The van der Waals surface area contributed by atoms with E-state index in [1.165, 1.54) is 11.9 Å². The largest absolute Gasteiger partial charge is 0.393 e. The van der Waals surface area contributed by atoms with E-state index in [1.54, 1.807) is 0 Å². The maximum absolute atomic E-state index is 9.93. The van der Waals surface area contributed by atoms with E-state index in [4.69, 9.17) is 0 Å². The van der Waals surface area contributed by atoms with Gasteiger partial charge in [0.25, 0.3) is 0 Å². The molecule has 3 aromatic rings. The number of fused-ring (bicyclic) bond motifs is 1. The Hall–Kier alpha value is -2.47. The Bertz CT molecular complexity index is 822. The minimum absolute atomic E-state index is 0.231. The van der Waals surface area contributed by atoms with Crippen LogP contribution in [-0.4, -0.2) is 37.2 Å². The molecular weight excluding hydrogens is 302 g/mol. The quantitative estimate of drug-likeness (QED) is 0.687. The molecule has 0 spiro atoms. The molecule has 6 heteroatoms. The van der Waals surface area contributed by atoms with E-state index in [0.717, 1.165) is 36.4 Å². The number of aliphatic hydroxyl groups excluding tert-OH is 1. The maximum atomic E-state index is 9.93. The molecule has 1 aromatic carbocycles. The van der Waals surface area contributed by atoms with Crippen LogP contribution in [0.1, 0.15) is 31.2 Å². The van der Waals surface area contributed by atoms with Crippen LogP contribution in [0.5, 0.6) is 0 Å². The van der Waals surface area contributed by atoms with Gasteiger partial charge in [-0.1, -0.05) is 37.3 Å². The maximum Gasteiger partial charge on any atom is 0.183 e. The summed E-state index contributed by atoms with van der Waals surface area (Å²) < 4.78 is 0. The highest BCUT2D eigenvalue weighted by atomic mass is 16.3. The fraction of sp³-hybridized carbons (Fsp3) is 0.389. The number of rotatable bonds is 4. The van der Waals surface area contributed by atoms with Crippen LogP contribution in [0, 0.1) is 5.92 Å². The third kappa shape index (κ3) is 2.97. The van der Waals surface area contributed by atoms with Gasteiger partial charge in [-0.05, 0) is 24.3 Å². The smallest absolute Gasteiger partial charge is 0.183 e. The second-order valence-electron chi connectivity index (χ2n) is 6.62. The Labute approximate surface area is 140 Å². The number of nitrogens with zero attached hydrogens (tertiary/aromatic N) is 3. The molecule has 124 valence electrons. The van der Waals surface area contributed by atoms with E-state index in [2.05, 4.69) is 44.3 Å². The molecule has 3 N–H and O–H groups in total. The summed E-state index contributed by atoms with van der Waals surface area (Å²) in [5, 5.41) is 13.4. The molecule has 24 heavy (non-hydrogen) atoms. The van der Waals surface area contributed by atoms with Crippen LogP contribution < -0.4 is 5.32 Å². The van der Waals surface area contributed by atoms with E-state index in [0.29, 0.717) is 11.6 Å². The summed E-state index contributed by atoms with van der Waals surface area (Å²) in [7, 11) is 0. The molecule has 0 radical (unpaired) electrons. The Morgan fingerprint density at radius 3 is 2.79 bits per heavy atom. The molecule has 3 atom stereocenters. The Morgan fingerprint density at radius 1 is 1.21 bits per heavy atom. The molecular formula is C18H21N5O. The van der Waals surface area contributed by atoms with Gasteiger partial charge in [0.1, 0.15) is 17.7 Å². The molecule has 1 fully saturated rings. The van der Waals surface area contributed by atoms with Crippen molar-refractivity contribution in [1.29, 1.82) is 0 Å². The summed E-state index contributed by atoms with van der Waals surface area (Å²) in [5.74, 6) is 1.95. The lowest BCUT2D eigenvalue weighted by molar-refractivity contribution is 0.141. The molecule has 4 rings (SSSR count). The highest BCUT2D eigenvalue weighted by molar-refractivity contribution is 5.82. The topological polar surface area (TPSA) is 86.7 Å². The van der Waals surface area contributed by atoms with Crippen LogP contribution >= 0.6 is 0 Å². The standard InChI is InChI=1S/C18H21N5O/c1-11-7-13(9-14(11)24)21-17-16-18(20-10-19-17)23-15(22-16)8-12-5-3-2-4-6-12/h2-6,10-11,13-14,24H,7-9H2,1H3,(H2,19,20,21,22,23)/t11-,13+,14-/m0/s1. The van der Waals surface area contributed by atoms with Gasteiger partial charge in [-0.3, -0.25) is 0 Å². The van der Waals surface area contributed by atoms with Gasteiger partial charge in [0, 0.05) is 12.5 Å². The van der Waals surface area contributed by atoms with Crippen molar-refractivity contribution in [1.82, 2.24) is 19.9 Å². The molecule has 0 bridgehead atoms. The van der Waals surface area contributed by atoms with Gasteiger partial charge < -0.3 is 15.4 Å². The van der Waals surface area contributed by atoms with Crippen LogP contribution in [0.25, 0.3) is 11.2 Å². The Balaban J connectivity index is 1.58. The fourth-order valence-corrected chi connectivity index (χ4v) is 3.40. The molecule has 0 unspecified atom stereocenters. The van der Waals surface area contributed by atoms with E-state index in [1.807, 2.05) is 18.2 Å². The number of aromatic nitrogens is 4. The monoisotopic (exact) mass is 323 g/mol. The first-order valence-electron chi connectivity index (χ1n) is 8.37. The second kappa shape index (κ2) is 6.20. The number of nitrogens with one attached hydrogen (secondary N) is 2. The minimum atomic E-state index is -0.241. The Morgan fingerprint density at radius 2 is 2.04 bits per heavy atom. The number of hydrogen-bond acceptors (Lipinski definition) is 5. The lowest BCUT2D eigenvalue weighted by atomic mass is 10.1. The van der Waals surface area contributed by atoms with Crippen molar-refractivity contribution in [2.45, 2.75) is 38.3 Å². The lowest BCUT2D eigenvalue weighted by Gasteiger charge is -2.12. The van der Waals surface area contributed by atoms with Gasteiger partial charge in [-0.2, -0.15) is 0 Å². The minimum Gasteiger partial charge on any atom is -0.393 e. The molecule has 1 aliphatic rings. The summed E-state index contributed by atoms with van der Waals surface area (Å²) in [6.07, 6.45) is 3.72. The lowest BCUT2D eigenvalue weighted by Crippen LogP contribution is -2.17. The van der Waals surface area contributed by atoms with Crippen LogP contribution in [0.4, 0.5) is 5.82 Å². The normalized spacial score (nSPS) is 23.7. The van der Waals surface area contributed by atoms with Crippen LogP contribution in [-0.2, 0) is 6.42 Å². The average Bonchev–Trinajstić information content (AvgIpc) is 3.12. The van der Waals surface area contributed by atoms with Crippen LogP contribution in [0.3, 0.4) is 0 Å². The molecule has 1 aliphatic carbocycles. The first-order chi connectivity index (χ1) is 11.7. The van der Waals surface area contributed by atoms with Crippen molar-refractivity contribution < 1.29 is 5.11 Å². The van der Waals surface area contributed by atoms with Gasteiger partial charge >= 0.3 is 0 Å². The number of imidazole rings is 1. The number of aromatic amines is 1. The van der Waals surface area contributed by atoms with Gasteiger partial charge in [-0.15, -0.1) is 0 Å². The van der Waals surface area contributed by atoms with Gasteiger partial charge in [0.15, 0.2) is 11.5 Å². The van der Waals surface area contributed by atoms with Crippen LogP contribution in [0.15, 0.2) is 36.7 Å². The zero-order valence-electron chi connectivity index (χ0n) is 13.6. The van der Waals surface area contributed by atoms with E-state index >= 15 is 0 Å². The SMILES string of the molecule is C[C@H]1C[C@@H](Nc2ncnc3nc(Cc4ccccc4)[nH]c23)C[C@@H]1O. The van der Waals surface area contributed by atoms with Crippen molar-refractivity contribution >= 4 is 17.0 Å². The number of anilines is 1. The fourth-order valence-electron chi connectivity index (χ4n) is 3.40. The third-order valence-corrected chi connectivity index (χ3v) is 4.73. The molecule has 0 amide bonds. The zero-order valence-corrected chi connectivity index (χ0v) is 13.6. The molecule has 2 heterocycles. The van der Waals surface area contributed by atoms with Crippen molar-refractivity contribution in [2.24, 2.45) is 5.92 Å². The zero-order chi connectivity index (χ0) is 16.5. The molecule has 1 saturated carbocycles. The van der Waals surface area contributed by atoms with Crippen molar-refractivity contribution in [3.8, 4) is 0 Å². The number of benzene rings is 1. The first-order valence-corrected chi connectivity index (χ1v) is 8.37. The summed E-state index contributed by atoms with van der Waals surface area (Å²) in [5.41, 5.74) is 2.70. The predicted octanol–water partition coefficient (Wildman–Crippen LogP) is 2.52. The number of aliphatic hydroxyl groups is 1. The van der Waals surface area contributed by atoms with Crippen LogP contribution in [0.2, 0.25) is 0 Å². The summed E-state index contributed by atoms with van der Waals surface area (Å²) in [4.78, 5) is 16.6. The summed E-state index contributed by atoms with van der Waals surface area (Å²) in [6, 6.07) is 10.5. The second-order valence-corrected chi connectivity index (χ2v) is 6.62. The third-order valence-electron chi connectivity index (χ3n) is 4.73. The van der Waals surface area contributed by atoms with E-state index < -0.39 is 0 Å². The van der Waals surface area contributed by atoms with E-state index in [9.17, 15) is 5.11 Å². The molecule has 6 nitrogen and oxygen atoms in total. The van der Waals surface area contributed by atoms with Gasteiger partial charge in [0.2, 0.25) is 0 Å². The molecule has 0 aliphatic heterocycles. The van der Waals surface area contributed by atoms with Gasteiger partial charge in [0.05, 0.1) is 6.10 Å².